The van der Waals surface area contributed by atoms with Crippen LogP contribution in [0.3, 0.4) is 0 Å². The van der Waals surface area contributed by atoms with Crippen LogP contribution in [0, 0.1) is 0 Å². The Morgan fingerprint density at radius 2 is 1.02 bits per heavy atom. The lowest BCUT2D eigenvalue weighted by Crippen LogP contribution is -2.27. The van der Waals surface area contributed by atoms with Gasteiger partial charge in [0.2, 0.25) is 11.5 Å². The lowest BCUT2D eigenvalue weighted by Gasteiger charge is -2.27. The van der Waals surface area contributed by atoms with E-state index < -0.39 is 0 Å². The first kappa shape index (κ1) is 45.1. The zero-order valence-corrected chi connectivity index (χ0v) is 34.9. The Hall–Kier alpha value is -3.28. The van der Waals surface area contributed by atoms with Gasteiger partial charge >= 0.3 is 0 Å². The molecule has 0 atom stereocenters. The average Bonchev–Trinajstić information content (AvgIpc) is 3.17. The topological polar surface area (TPSA) is 84.0 Å². The number of allylic oxidation sites excluding steroid dienone is 5. The number of phenols is 1. The summed E-state index contributed by atoms with van der Waals surface area (Å²) in [5.74, 6) is -0.530. The molecule has 0 radical (unpaired) electrons. The number of aliphatic hydroxyl groups excluding tert-OH is 2. The monoisotopic (exact) mass is 746 g/mol. The van der Waals surface area contributed by atoms with Crippen LogP contribution < -0.4 is 4.90 Å². The third-order valence-corrected chi connectivity index (χ3v) is 11.3. The molecule has 1 aromatic carbocycles. The Bertz CT molecular complexity index is 1400. The Morgan fingerprint density at radius 3 is 1.46 bits per heavy atom. The second kappa shape index (κ2) is 26.5. The van der Waals surface area contributed by atoms with Crippen LogP contribution in [-0.2, 0) is 4.79 Å². The van der Waals surface area contributed by atoms with Crippen molar-refractivity contribution in [2.75, 3.05) is 31.1 Å². The lowest BCUT2D eigenvalue weighted by atomic mass is 9.79. The molecular formula is C48H77N2O4+. The number of nitrogens with zero attached hydrogens (tertiary/aromatic N) is 2. The van der Waals surface area contributed by atoms with Gasteiger partial charge in [-0.1, -0.05) is 143 Å². The van der Waals surface area contributed by atoms with Gasteiger partial charge in [0, 0.05) is 54.9 Å². The van der Waals surface area contributed by atoms with Gasteiger partial charge in [0.25, 0.3) is 0 Å². The van der Waals surface area contributed by atoms with Crippen molar-refractivity contribution in [2.45, 2.75) is 182 Å². The van der Waals surface area contributed by atoms with Crippen molar-refractivity contribution in [3.05, 3.63) is 64.7 Å². The van der Waals surface area contributed by atoms with Crippen LogP contribution in [0.1, 0.15) is 187 Å². The number of rotatable bonds is 30. The maximum Gasteiger partial charge on any atom is 0.203 e. The summed E-state index contributed by atoms with van der Waals surface area (Å²) in [7, 11) is 0. The summed E-state index contributed by atoms with van der Waals surface area (Å²) in [5.41, 5.74) is 2.81. The summed E-state index contributed by atoms with van der Waals surface area (Å²) >= 11 is 0. The molecule has 0 unspecified atom stereocenters. The van der Waals surface area contributed by atoms with E-state index in [9.17, 15) is 20.1 Å². The third kappa shape index (κ3) is 14.8. The molecule has 0 fully saturated rings. The van der Waals surface area contributed by atoms with Crippen LogP contribution in [0.15, 0.2) is 59.1 Å². The first-order valence-corrected chi connectivity index (χ1v) is 22.4. The van der Waals surface area contributed by atoms with Gasteiger partial charge in [-0.05, 0) is 43.9 Å². The fourth-order valence-electron chi connectivity index (χ4n) is 7.83. The average molecular weight is 746 g/mol. The molecule has 6 heteroatoms. The van der Waals surface area contributed by atoms with Gasteiger partial charge in [0.05, 0.1) is 17.2 Å². The lowest BCUT2D eigenvalue weighted by molar-refractivity contribution is -0.527. The Morgan fingerprint density at radius 1 is 0.556 bits per heavy atom. The van der Waals surface area contributed by atoms with E-state index in [1.54, 1.807) is 24.3 Å². The molecule has 0 heterocycles. The van der Waals surface area contributed by atoms with E-state index in [0.29, 0.717) is 11.1 Å². The van der Waals surface area contributed by atoms with Gasteiger partial charge in [0.1, 0.15) is 30.4 Å². The predicted octanol–water partition coefficient (Wildman–Crippen LogP) is 13.3. The third-order valence-electron chi connectivity index (χ3n) is 11.3. The Balaban J connectivity index is 1.76. The molecule has 0 aromatic heterocycles. The molecule has 0 bridgehead atoms. The standard InChI is InChI=1S/C48H76N2O4/c1-5-9-13-17-21-25-33-49(34-26-22-18-14-10-6-2)39-29-31-41(43(51)37-39)45-47(53)46(48(45)54)42-32-30-40(38-44(42)52)50(35-27-23-19-15-11-7-3)36-28-24-20-16-12-8-4/h29-32,37-38H,5-28,33-36H2,1-4H3,(H2,51,52,53,54)/p+1. The Kier molecular flexibility index (Phi) is 22.1. The molecular weight excluding hydrogens is 669 g/mol. The number of hydrogen-bond donors (Lipinski definition) is 3. The number of unbranched alkanes of at least 4 members (excludes halogenated alkanes) is 20. The van der Waals surface area contributed by atoms with E-state index in [0.717, 1.165) is 63.3 Å². The van der Waals surface area contributed by atoms with Crippen molar-refractivity contribution in [2.24, 2.45) is 0 Å². The van der Waals surface area contributed by atoms with E-state index in [1.165, 1.54) is 128 Å². The number of aromatic hydroxyl groups is 1. The van der Waals surface area contributed by atoms with Gasteiger partial charge in [0.15, 0.2) is 0 Å². The van der Waals surface area contributed by atoms with Crippen molar-refractivity contribution in [1.29, 1.82) is 0 Å². The van der Waals surface area contributed by atoms with Crippen molar-refractivity contribution >= 4 is 22.8 Å². The Labute approximate surface area is 329 Å². The zero-order valence-electron chi connectivity index (χ0n) is 34.9. The number of anilines is 1. The molecule has 0 amide bonds. The largest absolute Gasteiger partial charge is 0.507 e. The number of carbonyl (C=O) groups excluding carboxylic acids is 1. The zero-order chi connectivity index (χ0) is 39.0. The first-order valence-electron chi connectivity index (χ1n) is 22.4. The molecule has 2 aliphatic carbocycles. The van der Waals surface area contributed by atoms with E-state index in [2.05, 4.69) is 37.2 Å². The predicted molar refractivity (Wildman–Crippen MR) is 230 cm³/mol. The number of aliphatic hydroxyl groups is 2. The van der Waals surface area contributed by atoms with Gasteiger partial charge in [-0.25, -0.2) is 4.58 Å². The summed E-state index contributed by atoms with van der Waals surface area (Å²) in [6.45, 7) is 12.7. The number of benzene rings is 1. The van der Waals surface area contributed by atoms with Crippen LogP contribution in [0.4, 0.5) is 5.69 Å². The molecule has 2 aliphatic rings. The normalized spacial score (nSPS) is 15.6. The van der Waals surface area contributed by atoms with Gasteiger partial charge in [-0.3, -0.25) is 4.79 Å². The SMILES string of the molecule is CCCCCCCCN(CCCCCCCC)c1ccc(C2=C(O)/C(=C3\C=CC(=[N+](CCCCCCCC)CCCCCCCC)C=C3O)C2=O)c(O)c1. The highest BCUT2D eigenvalue weighted by atomic mass is 16.3. The van der Waals surface area contributed by atoms with Crippen LogP contribution in [0.2, 0.25) is 0 Å². The minimum absolute atomic E-state index is 0.00283. The fourth-order valence-corrected chi connectivity index (χ4v) is 7.83. The van der Waals surface area contributed by atoms with Crippen LogP contribution in [0.5, 0.6) is 5.75 Å². The molecule has 6 nitrogen and oxygen atoms in total. The van der Waals surface area contributed by atoms with E-state index in [1.807, 2.05) is 12.1 Å². The van der Waals surface area contributed by atoms with Gasteiger partial charge in [-0.2, -0.15) is 0 Å². The number of phenolic OH excluding ortho intramolecular Hbond substituents is 1. The summed E-state index contributed by atoms with van der Waals surface area (Å²) in [4.78, 5) is 16.0. The van der Waals surface area contributed by atoms with Gasteiger partial charge < -0.3 is 20.2 Å². The van der Waals surface area contributed by atoms with Crippen molar-refractivity contribution in [3.63, 3.8) is 0 Å². The van der Waals surface area contributed by atoms with Crippen LogP contribution in [0.25, 0.3) is 5.57 Å². The van der Waals surface area contributed by atoms with E-state index in [4.69, 9.17) is 0 Å². The van der Waals surface area contributed by atoms with Crippen molar-refractivity contribution in [3.8, 4) is 5.75 Å². The molecule has 3 rings (SSSR count). The van der Waals surface area contributed by atoms with Crippen molar-refractivity contribution < 1.29 is 24.7 Å². The number of ketones is 1. The minimum atomic E-state index is -0.356. The summed E-state index contributed by atoms with van der Waals surface area (Å²) in [6, 6.07) is 5.50. The molecule has 302 valence electrons. The van der Waals surface area contributed by atoms with E-state index >= 15 is 0 Å². The number of hydrogen-bond acceptors (Lipinski definition) is 5. The quantitative estimate of drug-likeness (QED) is 0.0415. The molecule has 0 saturated heterocycles. The molecule has 0 spiro atoms. The molecule has 0 saturated carbocycles. The maximum absolute atomic E-state index is 13.6. The van der Waals surface area contributed by atoms with Crippen LogP contribution >= 0.6 is 0 Å². The second-order valence-corrected chi connectivity index (χ2v) is 15.9. The summed E-state index contributed by atoms with van der Waals surface area (Å²) in [6.07, 6.45) is 35.1. The first-order chi connectivity index (χ1) is 26.4. The number of Topliss-reactive ketones (excluding diaryl/α,β-unsaturated/α-hetero) is 1. The highest BCUT2D eigenvalue weighted by molar-refractivity contribution is 6.40. The van der Waals surface area contributed by atoms with Gasteiger partial charge in [-0.15, -0.1) is 0 Å². The molecule has 0 aliphatic heterocycles. The van der Waals surface area contributed by atoms with Crippen molar-refractivity contribution in [1.82, 2.24) is 0 Å². The maximum atomic E-state index is 13.6. The highest BCUT2D eigenvalue weighted by Gasteiger charge is 2.39. The molecule has 1 aromatic rings. The minimum Gasteiger partial charge on any atom is -0.507 e. The summed E-state index contributed by atoms with van der Waals surface area (Å²) < 4.78 is 2.37. The van der Waals surface area contributed by atoms with E-state index in [-0.39, 0.29) is 34.2 Å². The molecule has 3 N–H and O–H groups in total. The van der Waals surface area contributed by atoms with Crippen LogP contribution in [-0.4, -0.2) is 57.6 Å². The fraction of sp³-hybridized carbons (Fsp3) is 0.667. The summed E-state index contributed by atoms with van der Waals surface area (Å²) in [5, 5.41) is 33.7. The number of carbonyl (C=O) groups is 1. The second-order valence-electron chi connectivity index (χ2n) is 15.9. The smallest absolute Gasteiger partial charge is 0.203 e. The molecule has 54 heavy (non-hydrogen) atoms. The highest BCUT2D eigenvalue weighted by Crippen LogP contribution is 2.43.